The van der Waals surface area contributed by atoms with Gasteiger partial charge in [-0.25, -0.2) is 0 Å². The van der Waals surface area contributed by atoms with Crippen molar-refractivity contribution in [1.82, 2.24) is 10.2 Å². The number of nitrogens with zero attached hydrogens (tertiary/aromatic N) is 2. The van der Waals surface area contributed by atoms with Crippen molar-refractivity contribution in [3.8, 4) is 0 Å². The van der Waals surface area contributed by atoms with Crippen molar-refractivity contribution in [3.05, 3.63) is 21.3 Å². The van der Waals surface area contributed by atoms with E-state index in [1.807, 2.05) is 32.0 Å². The highest BCUT2D eigenvalue weighted by Crippen LogP contribution is 2.26. The van der Waals surface area contributed by atoms with Crippen LogP contribution < -0.4 is 5.32 Å². The van der Waals surface area contributed by atoms with Crippen LogP contribution in [0.15, 0.2) is 17.1 Å². The summed E-state index contributed by atoms with van der Waals surface area (Å²) in [5.41, 5.74) is 0. The molecule has 18 heavy (non-hydrogen) atoms. The predicted octanol–water partition coefficient (Wildman–Crippen LogP) is 2.58. The summed E-state index contributed by atoms with van der Waals surface area (Å²) in [4.78, 5) is 7.07. The first-order chi connectivity index (χ1) is 8.04. The minimum absolute atomic E-state index is 0. The van der Waals surface area contributed by atoms with Crippen molar-refractivity contribution in [2.45, 2.75) is 13.0 Å². The highest BCUT2D eigenvalue weighted by atomic mass is 127. The molecule has 1 aromatic heterocycles. The molecule has 0 bridgehead atoms. The maximum absolute atomic E-state index is 9.93. The summed E-state index contributed by atoms with van der Waals surface area (Å²) in [7, 11) is 3.83. The summed E-state index contributed by atoms with van der Waals surface area (Å²) in [5.74, 6) is 0.772. The average Bonchev–Trinajstić information content (AvgIpc) is 2.70. The van der Waals surface area contributed by atoms with Gasteiger partial charge in [-0.2, -0.15) is 0 Å². The third kappa shape index (κ3) is 5.73. The molecule has 0 radical (unpaired) electrons. The molecule has 1 unspecified atom stereocenters. The van der Waals surface area contributed by atoms with E-state index >= 15 is 0 Å². The number of thiophene rings is 1. The molecule has 104 valence electrons. The number of rotatable bonds is 4. The Hall–Kier alpha value is -0.0500. The number of aliphatic imine (C=N–C) groups is 1. The van der Waals surface area contributed by atoms with E-state index in [2.05, 4.69) is 10.3 Å². The Morgan fingerprint density at radius 2 is 2.22 bits per heavy atom. The van der Waals surface area contributed by atoms with Gasteiger partial charge in [0.05, 0.1) is 10.9 Å². The van der Waals surface area contributed by atoms with Crippen LogP contribution in [0.5, 0.6) is 0 Å². The lowest BCUT2D eigenvalue weighted by Crippen LogP contribution is -2.36. The maximum Gasteiger partial charge on any atom is 0.193 e. The summed E-state index contributed by atoms with van der Waals surface area (Å²) in [5, 5.41) is 13.1. The number of hydrogen-bond donors (Lipinski definition) is 2. The fourth-order valence-electron chi connectivity index (χ4n) is 1.28. The number of aliphatic hydroxyl groups is 1. The molecule has 1 aromatic rings. The Labute approximate surface area is 134 Å². The Kier molecular flexibility index (Phi) is 8.93. The molecule has 1 atom stereocenters. The molecule has 7 heteroatoms. The average molecular weight is 404 g/mol. The van der Waals surface area contributed by atoms with Crippen molar-refractivity contribution in [3.63, 3.8) is 0 Å². The Bertz CT molecular complexity index is 384. The normalized spacial score (nSPS) is 12.8. The van der Waals surface area contributed by atoms with Gasteiger partial charge in [0.25, 0.3) is 0 Å². The number of aliphatic hydroxyl groups excluding tert-OH is 1. The van der Waals surface area contributed by atoms with Crippen molar-refractivity contribution < 1.29 is 5.11 Å². The minimum atomic E-state index is -0.596. The molecular weight excluding hydrogens is 385 g/mol. The zero-order valence-electron chi connectivity index (χ0n) is 10.7. The highest BCUT2D eigenvalue weighted by molar-refractivity contribution is 14.0. The van der Waals surface area contributed by atoms with E-state index in [1.165, 1.54) is 11.3 Å². The molecule has 0 aliphatic rings. The van der Waals surface area contributed by atoms with Crippen LogP contribution >= 0.6 is 46.9 Å². The number of guanidine groups is 1. The smallest absolute Gasteiger partial charge is 0.193 e. The van der Waals surface area contributed by atoms with Crippen LogP contribution in [0.2, 0.25) is 4.34 Å². The molecule has 0 amide bonds. The van der Waals surface area contributed by atoms with Crippen LogP contribution in [-0.2, 0) is 0 Å². The van der Waals surface area contributed by atoms with Gasteiger partial charge in [0.1, 0.15) is 6.10 Å². The second-order valence-corrected chi connectivity index (χ2v) is 5.49. The van der Waals surface area contributed by atoms with E-state index in [-0.39, 0.29) is 24.0 Å². The van der Waals surface area contributed by atoms with Crippen LogP contribution in [-0.4, -0.2) is 43.2 Å². The molecule has 0 saturated carbocycles. The van der Waals surface area contributed by atoms with E-state index < -0.39 is 6.10 Å². The number of hydrogen-bond acceptors (Lipinski definition) is 3. The molecule has 0 spiro atoms. The minimum Gasteiger partial charge on any atom is -0.386 e. The third-order valence-corrected chi connectivity index (χ3v) is 3.43. The van der Waals surface area contributed by atoms with Crippen LogP contribution in [0, 0.1) is 0 Å². The van der Waals surface area contributed by atoms with Crippen molar-refractivity contribution >= 4 is 52.9 Å². The summed E-state index contributed by atoms with van der Waals surface area (Å²) < 4.78 is 0.683. The summed E-state index contributed by atoms with van der Waals surface area (Å²) >= 11 is 7.20. The first-order valence-corrected chi connectivity index (χ1v) is 6.63. The van der Waals surface area contributed by atoms with E-state index in [9.17, 15) is 5.11 Å². The van der Waals surface area contributed by atoms with Gasteiger partial charge in [-0.05, 0) is 19.1 Å². The van der Waals surface area contributed by atoms with Gasteiger partial charge in [0.2, 0.25) is 0 Å². The zero-order valence-corrected chi connectivity index (χ0v) is 14.6. The maximum atomic E-state index is 9.93. The van der Waals surface area contributed by atoms with Crippen LogP contribution in [0.25, 0.3) is 0 Å². The van der Waals surface area contributed by atoms with Gasteiger partial charge in [-0.1, -0.05) is 11.6 Å². The van der Waals surface area contributed by atoms with E-state index in [1.54, 1.807) is 6.07 Å². The molecule has 0 fully saturated rings. The van der Waals surface area contributed by atoms with Crippen LogP contribution in [0.1, 0.15) is 17.9 Å². The second kappa shape index (κ2) is 8.95. The van der Waals surface area contributed by atoms with E-state index in [0.29, 0.717) is 10.9 Å². The lowest BCUT2D eigenvalue weighted by Gasteiger charge is -2.17. The standard InChI is InChI=1S/C11H18ClN3OS.HI/c1-4-13-11(15(2)3)14-7-8(16)9-5-6-10(12)17-9;/h5-6,8,16H,4,7H2,1-3H3,(H,13,14);1H. The SMILES string of the molecule is CCNC(=NCC(O)c1ccc(Cl)s1)N(C)C.I. The van der Waals surface area contributed by atoms with E-state index in [0.717, 1.165) is 17.4 Å². The molecule has 2 N–H and O–H groups in total. The molecule has 0 aliphatic carbocycles. The van der Waals surface area contributed by atoms with Gasteiger partial charge < -0.3 is 15.3 Å². The zero-order chi connectivity index (χ0) is 12.8. The van der Waals surface area contributed by atoms with Gasteiger partial charge in [0, 0.05) is 25.5 Å². The molecule has 4 nitrogen and oxygen atoms in total. The quantitative estimate of drug-likeness (QED) is 0.461. The molecule has 0 aromatic carbocycles. The monoisotopic (exact) mass is 403 g/mol. The van der Waals surface area contributed by atoms with Crippen molar-refractivity contribution in [1.29, 1.82) is 0 Å². The Morgan fingerprint density at radius 3 is 2.67 bits per heavy atom. The van der Waals surface area contributed by atoms with Crippen LogP contribution in [0.4, 0.5) is 0 Å². The Morgan fingerprint density at radius 1 is 1.56 bits per heavy atom. The van der Waals surface area contributed by atoms with E-state index in [4.69, 9.17) is 11.6 Å². The van der Waals surface area contributed by atoms with Crippen molar-refractivity contribution in [2.75, 3.05) is 27.2 Å². The summed E-state index contributed by atoms with van der Waals surface area (Å²) in [6.45, 7) is 3.14. The Balaban J connectivity index is 0.00000289. The van der Waals surface area contributed by atoms with Gasteiger partial charge in [-0.3, -0.25) is 4.99 Å². The lowest BCUT2D eigenvalue weighted by molar-refractivity contribution is 0.190. The molecule has 1 heterocycles. The van der Waals surface area contributed by atoms with Gasteiger partial charge in [0.15, 0.2) is 5.96 Å². The first-order valence-electron chi connectivity index (χ1n) is 5.43. The van der Waals surface area contributed by atoms with Crippen LogP contribution in [0.3, 0.4) is 0 Å². The fraction of sp³-hybridized carbons (Fsp3) is 0.545. The highest BCUT2D eigenvalue weighted by Gasteiger charge is 2.10. The number of halogens is 2. The van der Waals surface area contributed by atoms with Gasteiger partial charge >= 0.3 is 0 Å². The third-order valence-electron chi connectivity index (χ3n) is 2.09. The molecule has 1 rings (SSSR count). The fourth-order valence-corrected chi connectivity index (χ4v) is 2.32. The number of nitrogens with one attached hydrogen (secondary N) is 1. The molecular formula is C11H19ClIN3OS. The largest absolute Gasteiger partial charge is 0.386 e. The lowest BCUT2D eigenvalue weighted by atomic mass is 10.3. The second-order valence-electron chi connectivity index (χ2n) is 3.75. The summed E-state index contributed by atoms with van der Waals surface area (Å²) in [6, 6.07) is 3.61. The molecule has 0 aliphatic heterocycles. The van der Waals surface area contributed by atoms with Crippen molar-refractivity contribution in [2.24, 2.45) is 4.99 Å². The first kappa shape index (κ1) is 17.9. The predicted molar refractivity (Wildman–Crippen MR) is 89.4 cm³/mol. The topological polar surface area (TPSA) is 47.9 Å². The summed E-state index contributed by atoms with van der Waals surface area (Å²) in [6.07, 6.45) is -0.596. The molecule has 0 saturated heterocycles. The van der Waals surface area contributed by atoms with Gasteiger partial charge in [-0.15, -0.1) is 35.3 Å².